The molecule has 26 heavy (non-hydrogen) atoms. The van der Waals surface area contributed by atoms with Gasteiger partial charge < -0.3 is 15.5 Å². The van der Waals surface area contributed by atoms with E-state index in [4.69, 9.17) is 0 Å². The van der Waals surface area contributed by atoms with Crippen LogP contribution in [0, 0.1) is 0 Å². The van der Waals surface area contributed by atoms with Crippen LogP contribution in [-0.2, 0) is 4.79 Å². The van der Waals surface area contributed by atoms with E-state index in [0.29, 0.717) is 32.7 Å². The van der Waals surface area contributed by atoms with Gasteiger partial charge in [0.15, 0.2) is 0 Å². The second kappa shape index (κ2) is 8.82. The molecule has 0 bridgehead atoms. The van der Waals surface area contributed by atoms with E-state index in [1.807, 2.05) is 59.7 Å². The number of anilines is 1. The molecule has 1 aromatic carbocycles. The molecular formula is C19H24N4O2S. The molecule has 2 aromatic rings. The average molecular weight is 372 g/mol. The molecule has 1 aliphatic heterocycles. The summed E-state index contributed by atoms with van der Waals surface area (Å²) < 4.78 is 0. The molecule has 2 heterocycles. The maximum Gasteiger partial charge on any atom is 0.317 e. The van der Waals surface area contributed by atoms with Gasteiger partial charge >= 0.3 is 6.03 Å². The number of hydrogen-bond donors (Lipinski definition) is 2. The number of carbonyl (C=O) groups excluding carboxylic acids is 2. The second-order valence-electron chi connectivity index (χ2n) is 6.36. The second-order valence-corrected chi connectivity index (χ2v) is 7.34. The van der Waals surface area contributed by atoms with Crippen LogP contribution in [0.4, 0.5) is 10.5 Å². The lowest BCUT2D eigenvalue weighted by molar-refractivity contribution is -0.117. The number of nitrogens with one attached hydrogen (secondary N) is 2. The lowest BCUT2D eigenvalue weighted by Gasteiger charge is -2.34. The minimum Gasteiger partial charge on any atom is -0.331 e. The Morgan fingerprint density at radius 1 is 1.08 bits per heavy atom. The van der Waals surface area contributed by atoms with Crippen molar-refractivity contribution >= 4 is 29.0 Å². The van der Waals surface area contributed by atoms with Crippen LogP contribution in [0.25, 0.3) is 0 Å². The highest BCUT2D eigenvalue weighted by molar-refractivity contribution is 7.10. The van der Waals surface area contributed by atoms with E-state index in [9.17, 15) is 9.59 Å². The Kier molecular flexibility index (Phi) is 6.25. The molecule has 3 amide bonds. The normalized spacial score (nSPS) is 16.1. The third-order valence-corrected chi connectivity index (χ3v) is 5.45. The molecule has 0 aliphatic carbocycles. The first-order chi connectivity index (χ1) is 12.6. The summed E-state index contributed by atoms with van der Waals surface area (Å²) in [5, 5.41) is 7.94. The SMILES string of the molecule is C[C@H](NC(=O)N1CCN(CC(=O)Nc2ccccc2)CC1)c1cccs1. The van der Waals surface area contributed by atoms with Crippen molar-refractivity contribution in [1.82, 2.24) is 15.1 Å². The molecule has 6 nitrogen and oxygen atoms in total. The number of hydrogen-bond acceptors (Lipinski definition) is 4. The van der Waals surface area contributed by atoms with Crippen molar-refractivity contribution in [2.45, 2.75) is 13.0 Å². The van der Waals surface area contributed by atoms with Gasteiger partial charge in [0, 0.05) is 36.7 Å². The van der Waals surface area contributed by atoms with E-state index in [1.54, 1.807) is 11.3 Å². The van der Waals surface area contributed by atoms with Crippen molar-refractivity contribution in [2.75, 3.05) is 38.0 Å². The fourth-order valence-corrected chi connectivity index (χ4v) is 3.65. The molecular weight excluding hydrogens is 348 g/mol. The molecule has 7 heteroatoms. The summed E-state index contributed by atoms with van der Waals surface area (Å²) in [6.45, 7) is 4.99. The number of urea groups is 1. The van der Waals surface area contributed by atoms with Crippen molar-refractivity contribution < 1.29 is 9.59 Å². The molecule has 0 spiro atoms. The van der Waals surface area contributed by atoms with Crippen LogP contribution in [0.5, 0.6) is 0 Å². The zero-order valence-corrected chi connectivity index (χ0v) is 15.7. The predicted molar refractivity (Wildman–Crippen MR) is 104 cm³/mol. The molecule has 1 fully saturated rings. The smallest absolute Gasteiger partial charge is 0.317 e. The van der Waals surface area contributed by atoms with Crippen molar-refractivity contribution in [2.24, 2.45) is 0 Å². The highest BCUT2D eigenvalue weighted by atomic mass is 32.1. The fourth-order valence-electron chi connectivity index (χ4n) is 2.92. The lowest BCUT2D eigenvalue weighted by atomic mass is 10.2. The van der Waals surface area contributed by atoms with Crippen molar-refractivity contribution in [3.63, 3.8) is 0 Å². The minimum absolute atomic E-state index is 0.0113. The number of piperazine rings is 1. The van der Waals surface area contributed by atoms with E-state index in [0.717, 1.165) is 10.6 Å². The maximum absolute atomic E-state index is 12.4. The minimum atomic E-state index is -0.0423. The predicted octanol–water partition coefficient (Wildman–Crippen LogP) is 2.78. The van der Waals surface area contributed by atoms with E-state index < -0.39 is 0 Å². The van der Waals surface area contributed by atoms with Gasteiger partial charge in [-0.05, 0) is 30.5 Å². The van der Waals surface area contributed by atoms with Gasteiger partial charge in [-0.15, -0.1) is 11.3 Å². The maximum atomic E-state index is 12.4. The molecule has 1 saturated heterocycles. The third-order valence-electron chi connectivity index (χ3n) is 4.39. The highest BCUT2D eigenvalue weighted by Gasteiger charge is 2.23. The third kappa shape index (κ3) is 5.06. The van der Waals surface area contributed by atoms with E-state index in [1.165, 1.54) is 0 Å². The van der Waals surface area contributed by atoms with Crippen LogP contribution in [-0.4, -0.2) is 54.5 Å². The molecule has 2 N–H and O–H groups in total. The van der Waals surface area contributed by atoms with Gasteiger partial charge in [-0.2, -0.15) is 0 Å². The zero-order valence-electron chi connectivity index (χ0n) is 14.9. The Hall–Kier alpha value is -2.38. The van der Waals surface area contributed by atoms with Crippen LogP contribution >= 0.6 is 11.3 Å². The Morgan fingerprint density at radius 3 is 2.46 bits per heavy atom. The first-order valence-electron chi connectivity index (χ1n) is 8.78. The Bertz CT molecular complexity index is 712. The number of amides is 3. The number of nitrogens with zero attached hydrogens (tertiary/aromatic N) is 2. The van der Waals surface area contributed by atoms with Crippen LogP contribution in [0.2, 0.25) is 0 Å². The molecule has 138 valence electrons. The van der Waals surface area contributed by atoms with Crippen LogP contribution in [0.1, 0.15) is 17.8 Å². The summed E-state index contributed by atoms with van der Waals surface area (Å²) in [4.78, 5) is 29.6. The van der Waals surface area contributed by atoms with E-state index in [-0.39, 0.29) is 18.0 Å². The van der Waals surface area contributed by atoms with Gasteiger partial charge in [-0.25, -0.2) is 4.79 Å². The van der Waals surface area contributed by atoms with Crippen LogP contribution in [0.15, 0.2) is 47.8 Å². The zero-order chi connectivity index (χ0) is 18.4. The van der Waals surface area contributed by atoms with Crippen molar-refractivity contribution in [3.05, 3.63) is 52.7 Å². The van der Waals surface area contributed by atoms with Gasteiger partial charge in [-0.1, -0.05) is 24.3 Å². The summed E-state index contributed by atoms with van der Waals surface area (Å²) in [6, 6.07) is 13.4. The summed E-state index contributed by atoms with van der Waals surface area (Å²) in [5.74, 6) is -0.0274. The number of thiophene rings is 1. The first-order valence-corrected chi connectivity index (χ1v) is 9.66. The first kappa shape index (κ1) is 18.4. The highest BCUT2D eigenvalue weighted by Crippen LogP contribution is 2.18. The van der Waals surface area contributed by atoms with Gasteiger partial charge in [0.25, 0.3) is 0 Å². The molecule has 3 rings (SSSR count). The van der Waals surface area contributed by atoms with E-state index >= 15 is 0 Å². The molecule has 1 aromatic heterocycles. The number of benzene rings is 1. The van der Waals surface area contributed by atoms with Crippen LogP contribution in [0.3, 0.4) is 0 Å². The van der Waals surface area contributed by atoms with Gasteiger partial charge in [0.05, 0.1) is 12.6 Å². The standard InChI is InChI=1S/C19H24N4O2S/c1-15(17-8-5-13-26-17)20-19(25)23-11-9-22(10-12-23)14-18(24)21-16-6-3-2-4-7-16/h2-8,13,15H,9-12,14H2,1H3,(H,20,25)(H,21,24)/t15-/m0/s1. The Morgan fingerprint density at radius 2 is 1.81 bits per heavy atom. The summed E-state index contributed by atoms with van der Waals surface area (Å²) >= 11 is 1.64. The largest absolute Gasteiger partial charge is 0.331 e. The van der Waals surface area contributed by atoms with Crippen molar-refractivity contribution in [3.8, 4) is 0 Å². The summed E-state index contributed by atoms with van der Waals surface area (Å²) in [5.41, 5.74) is 0.804. The topological polar surface area (TPSA) is 64.7 Å². The average Bonchev–Trinajstić information content (AvgIpc) is 3.18. The van der Waals surface area contributed by atoms with Gasteiger partial charge in [-0.3, -0.25) is 9.69 Å². The monoisotopic (exact) mass is 372 g/mol. The summed E-state index contributed by atoms with van der Waals surface area (Å²) in [6.07, 6.45) is 0. The number of para-hydroxylation sites is 1. The van der Waals surface area contributed by atoms with Crippen molar-refractivity contribution in [1.29, 1.82) is 0 Å². The summed E-state index contributed by atoms with van der Waals surface area (Å²) in [7, 11) is 0. The molecule has 0 unspecified atom stereocenters. The number of carbonyl (C=O) groups is 2. The Labute approximate surface area is 157 Å². The fraction of sp³-hybridized carbons (Fsp3) is 0.368. The molecule has 0 saturated carbocycles. The molecule has 1 atom stereocenters. The van der Waals surface area contributed by atoms with Crippen LogP contribution < -0.4 is 10.6 Å². The molecule has 1 aliphatic rings. The van der Waals surface area contributed by atoms with Gasteiger partial charge in [0.2, 0.25) is 5.91 Å². The number of rotatable bonds is 5. The molecule has 0 radical (unpaired) electrons. The quantitative estimate of drug-likeness (QED) is 0.848. The van der Waals surface area contributed by atoms with E-state index in [2.05, 4.69) is 15.5 Å². The lowest BCUT2D eigenvalue weighted by Crippen LogP contribution is -2.53. The Balaban J connectivity index is 1.41. The van der Waals surface area contributed by atoms with Gasteiger partial charge in [0.1, 0.15) is 0 Å².